The lowest BCUT2D eigenvalue weighted by Gasteiger charge is -2.25. The Bertz CT molecular complexity index is 383. The number of aliphatic hydroxyl groups is 2. The van der Waals surface area contributed by atoms with Crippen LogP contribution in [-0.4, -0.2) is 28.9 Å². The molecule has 1 aromatic carbocycles. The molecule has 0 fully saturated rings. The van der Waals surface area contributed by atoms with E-state index in [0.29, 0.717) is 22.2 Å². The fourth-order valence-corrected chi connectivity index (χ4v) is 1.73. The summed E-state index contributed by atoms with van der Waals surface area (Å²) < 4.78 is 0. The van der Waals surface area contributed by atoms with Crippen molar-refractivity contribution in [3.05, 3.63) is 33.8 Å². The van der Waals surface area contributed by atoms with Crippen LogP contribution >= 0.6 is 23.2 Å². The van der Waals surface area contributed by atoms with Gasteiger partial charge >= 0.3 is 0 Å². The summed E-state index contributed by atoms with van der Waals surface area (Å²) in [5, 5.41) is 23.1. The first-order chi connectivity index (χ1) is 7.85. The Hall–Kier alpha value is -0.320. The van der Waals surface area contributed by atoms with Crippen molar-refractivity contribution < 1.29 is 10.2 Å². The first-order valence-electron chi connectivity index (χ1n) is 5.34. The number of halogens is 2. The van der Waals surface area contributed by atoms with Crippen LogP contribution in [-0.2, 0) is 0 Å². The number of rotatable bonds is 5. The van der Waals surface area contributed by atoms with E-state index in [4.69, 9.17) is 28.3 Å². The Morgan fingerprint density at radius 3 is 2.59 bits per heavy atom. The first kappa shape index (κ1) is 14.7. The van der Waals surface area contributed by atoms with Gasteiger partial charge in [-0.2, -0.15) is 0 Å². The van der Waals surface area contributed by atoms with Gasteiger partial charge in [0.15, 0.2) is 0 Å². The molecule has 0 aliphatic carbocycles. The van der Waals surface area contributed by atoms with Crippen LogP contribution in [0.1, 0.15) is 25.5 Å². The average molecular weight is 278 g/mol. The lowest BCUT2D eigenvalue weighted by atomic mass is 10.1. The molecule has 0 aromatic heterocycles. The molecule has 0 amide bonds. The summed E-state index contributed by atoms with van der Waals surface area (Å²) in [5.74, 6) is 0. The van der Waals surface area contributed by atoms with E-state index in [1.165, 1.54) is 0 Å². The summed E-state index contributed by atoms with van der Waals surface area (Å²) in [6.45, 7) is 3.98. The van der Waals surface area contributed by atoms with Crippen LogP contribution in [0, 0.1) is 0 Å². The molecule has 0 spiro atoms. The lowest BCUT2D eigenvalue weighted by molar-refractivity contribution is 0.136. The van der Waals surface area contributed by atoms with Gasteiger partial charge in [0.05, 0.1) is 12.7 Å². The Balaban J connectivity index is 2.70. The van der Waals surface area contributed by atoms with E-state index in [2.05, 4.69) is 5.32 Å². The third kappa shape index (κ3) is 4.45. The normalized spacial score (nSPS) is 13.8. The van der Waals surface area contributed by atoms with Crippen LogP contribution in [0.5, 0.6) is 0 Å². The highest BCUT2D eigenvalue weighted by Gasteiger charge is 2.19. The Morgan fingerprint density at radius 1 is 1.35 bits per heavy atom. The molecule has 0 aliphatic heterocycles. The van der Waals surface area contributed by atoms with Crippen molar-refractivity contribution in [3.8, 4) is 0 Å². The molecule has 17 heavy (non-hydrogen) atoms. The second-order valence-corrected chi connectivity index (χ2v) is 5.45. The maximum Gasteiger partial charge on any atom is 0.0929 e. The van der Waals surface area contributed by atoms with Crippen LogP contribution in [0.4, 0.5) is 0 Å². The quantitative estimate of drug-likeness (QED) is 0.775. The van der Waals surface area contributed by atoms with Gasteiger partial charge in [-0.1, -0.05) is 23.2 Å². The van der Waals surface area contributed by atoms with Gasteiger partial charge in [0, 0.05) is 27.7 Å². The zero-order chi connectivity index (χ0) is 13.1. The van der Waals surface area contributed by atoms with Gasteiger partial charge in [-0.25, -0.2) is 0 Å². The highest BCUT2D eigenvalue weighted by molar-refractivity contribution is 6.33. The van der Waals surface area contributed by atoms with E-state index >= 15 is 0 Å². The molecule has 0 aliphatic rings. The van der Waals surface area contributed by atoms with Crippen molar-refractivity contribution in [2.45, 2.75) is 25.5 Å². The molecule has 1 aromatic rings. The largest absolute Gasteiger partial charge is 0.394 e. The van der Waals surface area contributed by atoms with Crippen LogP contribution in [0.2, 0.25) is 10.0 Å². The Morgan fingerprint density at radius 2 is 2.00 bits per heavy atom. The van der Waals surface area contributed by atoms with Crippen molar-refractivity contribution in [3.63, 3.8) is 0 Å². The highest BCUT2D eigenvalue weighted by Crippen LogP contribution is 2.26. The highest BCUT2D eigenvalue weighted by atomic mass is 35.5. The van der Waals surface area contributed by atoms with Crippen molar-refractivity contribution in [1.29, 1.82) is 0 Å². The maximum atomic E-state index is 10.00. The van der Waals surface area contributed by atoms with Crippen LogP contribution in [0.3, 0.4) is 0 Å². The Labute approximate surface area is 111 Å². The van der Waals surface area contributed by atoms with Crippen molar-refractivity contribution >= 4 is 23.2 Å². The summed E-state index contributed by atoms with van der Waals surface area (Å²) in [6, 6.07) is 4.97. The van der Waals surface area contributed by atoms with Crippen LogP contribution in [0.25, 0.3) is 0 Å². The fraction of sp³-hybridized carbons (Fsp3) is 0.500. The van der Waals surface area contributed by atoms with E-state index in [0.717, 1.165) is 0 Å². The van der Waals surface area contributed by atoms with Gasteiger partial charge in [0.25, 0.3) is 0 Å². The van der Waals surface area contributed by atoms with E-state index in [9.17, 15) is 5.11 Å². The van der Waals surface area contributed by atoms with E-state index in [1.807, 2.05) is 13.8 Å². The molecule has 0 saturated heterocycles. The standard InChI is InChI=1S/C12H17Cl2NO2/c1-12(2,7-16)15-6-11(17)9-5-8(13)3-4-10(9)14/h3-5,11,15-17H,6-7H2,1-2H3. The summed E-state index contributed by atoms with van der Waals surface area (Å²) in [4.78, 5) is 0. The monoisotopic (exact) mass is 277 g/mol. The predicted octanol–water partition coefficient (Wildman–Crippen LogP) is 2.39. The number of hydrogen-bond donors (Lipinski definition) is 3. The average Bonchev–Trinajstić information content (AvgIpc) is 2.29. The molecule has 1 rings (SSSR count). The minimum atomic E-state index is -0.757. The second-order valence-electron chi connectivity index (χ2n) is 4.60. The molecule has 0 radical (unpaired) electrons. The van der Waals surface area contributed by atoms with Gasteiger partial charge < -0.3 is 15.5 Å². The summed E-state index contributed by atoms with van der Waals surface area (Å²) in [6.07, 6.45) is -0.757. The molecule has 5 heteroatoms. The van der Waals surface area contributed by atoms with Gasteiger partial charge in [0.2, 0.25) is 0 Å². The third-order valence-corrected chi connectivity index (χ3v) is 3.07. The molecule has 0 heterocycles. The molecule has 96 valence electrons. The number of β-amino-alcohol motifs (C(OH)–C–C–N with tert-alkyl or cyclic N) is 1. The van der Waals surface area contributed by atoms with Crippen molar-refractivity contribution in [1.82, 2.24) is 5.32 Å². The summed E-state index contributed by atoms with van der Waals surface area (Å²) in [7, 11) is 0. The molecule has 0 saturated carbocycles. The maximum absolute atomic E-state index is 10.00. The van der Waals surface area contributed by atoms with Gasteiger partial charge in [0.1, 0.15) is 0 Å². The SMILES string of the molecule is CC(C)(CO)NCC(O)c1cc(Cl)ccc1Cl. The van der Waals surface area contributed by atoms with E-state index in [1.54, 1.807) is 18.2 Å². The smallest absolute Gasteiger partial charge is 0.0929 e. The Kier molecular flexibility index (Phi) is 5.22. The molecular formula is C12H17Cl2NO2. The third-order valence-electron chi connectivity index (χ3n) is 2.49. The topological polar surface area (TPSA) is 52.5 Å². The van der Waals surface area contributed by atoms with Gasteiger partial charge in [-0.15, -0.1) is 0 Å². The molecule has 1 atom stereocenters. The number of hydrogen-bond acceptors (Lipinski definition) is 3. The lowest BCUT2D eigenvalue weighted by Crippen LogP contribution is -2.44. The van der Waals surface area contributed by atoms with E-state index < -0.39 is 11.6 Å². The zero-order valence-corrected chi connectivity index (χ0v) is 11.4. The minimum absolute atomic E-state index is 0.0109. The molecular weight excluding hydrogens is 261 g/mol. The first-order valence-corrected chi connectivity index (χ1v) is 6.10. The van der Waals surface area contributed by atoms with Crippen LogP contribution in [0.15, 0.2) is 18.2 Å². The summed E-state index contributed by atoms with van der Waals surface area (Å²) in [5.41, 5.74) is 0.145. The molecule has 1 unspecified atom stereocenters. The number of benzene rings is 1. The number of aliphatic hydroxyl groups excluding tert-OH is 2. The number of nitrogens with one attached hydrogen (secondary N) is 1. The molecule has 3 N–H and O–H groups in total. The predicted molar refractivity (Wildman–Crippen MR) is 70.6 cm³/mol. The van der Waals surface area contributed by atoms with Gasteiger partial charge in [-0.3, -0.25) is 0 Å². The second kappa shape index (κ2) is 6.03. The zero-order valence-electron chi connectivity index (χ0n) is 9.87. The van der Waals surface area contributed by atoms with E-state index in [-0.39, 0.29) is 6.61 Å². The van der Waals surface area contributed by atoms with Crippen molar-refractivity contribution in [2.75, 3.05) is 13.2 Å². The van der Waals surface area contributed by atoms with Gasteiger partial charge in [-0.05, 0) is 32.0 Å². The molecule has 3 nitrogen and oxygen atoms in total. The van der Waals surface area contributed by atoms with Crippen molar-refractivity contribution in [2.24, 2.45) is 0 Å². The minimum Gasteiger partial charge on any atom is -0.394 e. The fourth-order valence-electron chi connectivity index (χ4n) is 1.31. The molecule has 0 bridgehead atoms. The van der Waals surface area contributed by atoms with Crippen LogP contribution < -0.4 is 5.32 Å². The summed E-state index contributed by atoms with van der Waals surface area (Å²) >= 11 is 11.8.